The number of carbonyl (C=O) groups is 1. The van der Waals surface area contributed by atoms with Crippen molar-refractivity contribution in [3.05, 3.63) is 82.9 Å². The smallest absolute Gasteiger partial charge is 0.192 e. The van der Waals surface area contributed by atoms with Gasteiger partial charge < -0.3 is 13.9 Å². The monoisotopic (exact) mass is 614 g/mol. The number of fused-ring (bicyclic) bond motifs is 2. The minimum atomic E-state index is -1.87. The molecule has 3 fully saturated rings. The molecule has 4 nitrogen and oxygen atoms in total. The SMILES string of the molecule is CC[Si](CC)(CC)O[C@H]1C[C@H]2C[C@]34C[C@]3(CCCC4=O)[C@@H](OCc3ccccc3)[C@H](OCc3ccccc3)C(=C1C)C2(C)C. The van der Waals surface area contributed by atoms with Crippen molar-refractivity contribution in [2.75, 3.05) is 0 Å². The molecule has 0 saturated heterocycles. The molecule has 2 aromatic rings. The summed E-state index contributed by atoms with van der Waals surface area (Å²) in [7, 11) is -1.87. The van der Waals surface area contributed by atoms with E-state index in [9.17, 15) is 4.79 Å². The third-order valence-corrected chi connectivity index (χ3v) is 17.3. The maximum Gasteiger partial charge on any atom is 0.192 e. The number of ether oxygens (including phenoxy) is 2. The van der Waals surface area contributed by atoms with Crippen molar-refractivity contribution in [3.8, 4) is 0 Å². The predicted molar refractivity (Wildman–Crippen MR) is 180 cm³/mol. The lowest BCUT2D eigenvalue weighted by Crippen LogP contribution is -2.55. The lowest BCUT2D eigenvalue weighted by molar-refractivity contribution is -0.150. The van der Waals surface area contributed by atoms with Crippen molar-refractivity contribution in [3.63, 3.8) is 0 Å². The summed E-state index contributed by atoms with van der Waals surface area (Å²) in [6.45, 7) is 15.2. The number of rotatable bonds is 11. The van der Waals surface area contributed by atoms with E-state index >= 15 is 0 Å². The fraction of sp³-hybridized carbons (Fsp3) is 0.615. The van der Waals surface area contributed by atoms with E-state index in [2.05, 4.69) is 102 Å². The first-order chi connectivity index (χ1) is 21.1. The zero-order valence-electron chi connectivity index (χ0n) is 28.0. The van der Waals surface area contributed by atoms with E-state index < -0.39 is 8.32 Å². The van der Waals surface area contributed by atoms with Crippen molar-refractivity contribution in [2.45, 2.75) is 130 Å². The van der Waals surface area contributed by atoms with Gasteiger partial charge in [0.1, 0.15) is 11.9 Å². The molecule has 2 aromatic carbocycles. The Bertz CT molecular complexity index is 1340. The van der Waals surface area contributed by atoms with Gasteiger partial charge in [-0.1, -0.05) is 95.3 Å². The second kappa shape index (κ2) is 12.3. The van der Waals surface area contributed by atoms with Gasteiger partial charge in [0.15, 0.2) is 8.32 Å². The first-order valence-electron chi connectivity index (χ1n) is 17.4. The van der Waals surface area contributed by atoms with E-state index in [1.54, 1.807) is 0 Å². The molecule has 2 bridgehead atoms. The summed E-state index contributed by atoms with van der Waals surface area (Å²) in [5.74, 6) is 0.839. The second-order valence-corrected chi connectivity index (χ2v) is 19.7. The van der Waals surface area contributed by atoms with E-state index in [1.165, 1.54) is 22.3 Å². The van der Waals surface area contributed by atoms with Gasteiger partial charge in [-0.3, -0.25) is 4.79 Å². The van der Waals surface area contributed by atoms with E-state index in [1.807, 2.05) is 0 Å². The van der Waals surface area contributed by atoms with Crippen LogP contribution in [0, 0.1) is 22.2 Å². The van der Waals surface area contributed by atoms with Crippen molar-refractivity contribution in [1.82, 2.24) is 0 Å². The van der Waals surface area contributed by atoms with Crippen LogP contribution in [0.1, 0.15) is 91.2 Å². The molecule has 0 heterocycles. The molecular weight excluding hydrogens is 561 g/mol. The molecule has 44 heavy (non-hydrogen) atoms. The van der Waals surface area contributed by atoms with Crippen LogP contribution in [0.25, 0.3) is 0 Å². The summed E-state index contributed by atoms with van der Waals surface area (Å²) in [6.07, 6.45) is 5.23. The van der Waals surface area contributed by atoms with Gasteiger partial charge >= 0.3 is 0 Å². The normalized spacial score (nSPS) is 32.8. The standard InChI is InChI=1S/C39H54O4Si/c1-7-44(8-2,9-3)43-32-23-31-24-39-27-38(39,22-16-21-33(39)40)36(42-26-30-19-14-11-15-20-30)35(34(28(32)4)37(31,5)6)41-25-29-17-12-10-13-18-29/h10-15,17-20,31-32,35-36H,7-9,16,21-27H2,1-6H3/t31-,32-,35+,36-,38+,39+/m0/s1. The van der Waals surface area contributed by atoms with Crippen LogP contribution >= 0.6 is 0 Å². The Kier molecular flexibility index (Phi) is 8.91. The topological polar surface area (TPSA) is 44.8 Å². The summed E-state index contributed by atoms with van der Waals surface area (Å²) in [5.41, 5.74) is 4.47. The van der Waals surface area contributed by atoms with Gasteiger partial charge in [-0.15, -0.1) is 0 Å². The largest absolute Gasteiger partial charge is 0.410 e. The average molecular weight is 615 g/mol. The van der Waals surface area contributed by atoms with Gasteiger partial charge in [0, 0.05) is 17.3 Å². The van der Waals surface area contributed by atoms with Crippen LogP contribution in [0.2, 0.25) is 18.1 Å². The van der Waals surface area contributed by atoms with Crippen LogP contribution in [0.15, 0.2) is 71.8 Å². The molecule has 0 N–H and O–H groups in total. The first kappa shape index (κ1) is 31.9. The Balaban J connectivity index is 1.49. The molecule has 0 aliphatic heterocycles. The number of hydrogen-bond donors (Lipinski definition) is 0. The molecule has 5 heteroatoms. The maximum atomic E-state index is 14.1. The van der Waals surface area contributed by atoms with Gasteiger partial charge in [-0.25, -0.2) is 0 Å². The Morgan fingerprint density at radius 2 is 1.45 bits per heavy atom. The van der Waals surface area contributed by atoms with Crippen LogP contribution in [0.3, 0.4) is 0 Å². The van der Waals surface area contributed by atoms with Crippen LogP contribution in [-0.4, -0.2) is 32.4 Å². The molecule has 0 spiro atoms. The molecule has 3 saturated carbocycles. The molecule has 0 unspecified atom stereocenters. The number of benzene rings is 2. The van der Waals surface area contributed by atoms with Gasteiger partial charge in [-0.05, 0) is 90.8 Å². The van der Waals surface area contributed by atoms with Gasteiger partial charge in [0.05, 0.1) is 25.4 Å². The van der Waals surface area contributed by atoms with Crippen molar-refractivity contribution < 1.29 is 18.7 Å². The van der Waals surface area contributed by atoms with Gasteiger partial charge in [0.2, 0.25) is 0 Å². The Labute approximate surface area is 267 Å². The minimum absolute atomic E-state index is 0.0773. The fourth-order valence-corrected chi connectivity index (χ4v) is 12.6. The van der Waals surface area contributed by atoms with E-state index in [4.69, 9.17) is 13.9 Å². The zero-order chi connectivity index (χ0) is 31.2. The molecule has 4 aliphatic carbocycles. The van der Waals surface area contributed by atoms with E-state index in [0.717, 1.165) is 50.2 Å². The first-order valence-corrected chi connectivity index (χ1v) is 19.9. The minimum Gasteiger partial charge on any atom is -0.410 e. The lowest BCUT2D eigenvalue weighted by atomic mass is 9.55. The summed E-state index contributed by atoms with van der Waals surface area (Å²) >= 11 is 0. The third-order valence-electron chi connectivity index (χ3n) is 12.7. The van der Waals surface area contributed by atoms with Gasteiger partial charge in [-0.2, -0.15) is 0 Å². The molecule has 0 amide bonds. The molecule has 0 aromatic heterocycles. The quantitative estimate of drug-likeness (QED) is 0.187. The second-order valence-electron chi connectivity index (χ2n) is 14.9. The van der Waals surface area contributed by atoms with Crippen molar-refractivity contribution in [1.29, 1.82) is 0 Å². The molecule has 0 radical (unpaired) electrons. The highest BCUT2D eigenvalue weighted by Crippen LogP contribution is 2.77. The zero-order valence-corrected chi connectivity index (χ0v) is 29.0. The predicted octanol–water partition coefficient (Wildman–Crippen LogP) is 9.44. The van der Waals surface area contributed by atoms with Crippen molar-refractivity contribution >= 4 is 14.1 Å². The van der Waals surface area contributed by atoms with E-state index in [0.29, 0.717) is 31.3 Å². The number of hydrogen-bond acceptors (Lipinski definition) is 4. The van der Waals surface area contributed by atoms with Crippen molar-refractivity contribution in [2.24, 2.45) is 22.2 Å². The summed E-state index contributed by atoms with van der Waals surface area (Å²) < 4.78 is 21.7. The van der Waals surface area contributed by atoms with Gasteiger partial charge in [0.25, 0.3) is 0 Å². The summed E-state index contributed by atoms with van der Waals surface area (Å²) in [4.78, 5) is 14.1. The van der Waals surface area contributed by atoms with Crippen LogP contribution < -0.4 is 0 Å². The maximum absolute atomic E-state index is 14.1. The van der Waals surface area contributed by atoms with Crippen LogP contribution in [-0.2, 0) is 31.9 Å². The number of carbonyl (C=O) groups excluding carboxylic acids is 1. The molecule has 6 atom stereocenters. The average Bonchev–Trinajstić information content (AvgIpc) is 3.71. The number of Topliss-reactive ketones (excluding diaryl/α,β-unsaturated/α-hetero) is 1. The highest BCUT2D eigenvalue weighted by Gasteiger charge is 2.78. The Morgan fingerprint density at radius 3 is 2.05 bits per heavy atom. The Hall–Kier alpha value is -2.05. The molecule has 6 rings (SSSR count). The van der Waals surface area contributed by atoms with E-state index in [-0.39, 0.29) is 34.6 Å². The lowest BCUT2D eigenvalue weighted by Gasteiger charge is -2.54. The third kappa shape index (κ3) is 5.30. The molecular formula is C39H54O4Si. The van der Waals surface area contributed by atoms with Crippen LogP contribution in [0.5, 0.6) is 0 Å². The Morgan fingerprint density at radius 1 is 0.864 bits per heavy atom. The summed E-state index contributed by atoms with van der Waals surface area (Å²) in [5, 5.41) is 0. The highest BCUT2D eigenvalue weighted by molar-refractivity contribution is 6.73. The fourth-order valence-electron chi connectivity index (χ4n) is 9.71. The number of ketones is 1. The highest BCUT2D eigenvalue weighted by atomic mass is 28.4. The molecule has 4 aliphatic rings. The summed E-state index contributed by atoms with van der Waals surface area (Å²) in [6, 6.07) is 24.5. The molecule has 238 valence electrons. The van der Waals surface area contributed by atoms with Crippen LogP contribution in [0.4, 0.5) is 0 Å².